The van der Waals surface area contributed by atoms with E-state index < -0.39 is 6.04 Å². The number of primary amides is 1. The Hall–Kier alpha value is -2.08. The third kappa shape index (κ3) is 6.82. The fraction of sp³-hybridized carbons (Fsp3) is 0.571. The molecule has 0 spiro atoms. The number of nitrogens with zero attached hydrogens (tertiary/aromatic N) is 1. The number of hydrogen-bond acceptors (Lipinski definition) is 3. The molecule has 1 fully saturated rings. The molecular formula is C21H30ClN3O3. The van der Waals surface area contributed by atoms with Gasteiger partial charge in [0.1, 0.15) is 6.04 Å². The first-order valence-electron chi connectivity index (χ1n) is 9.89. The van der Waals surface area contributed by atoms with E-state index in [2.05, 4.69) is 5.32 Å². The molecule has 1 aromatic carbocycles. The number of piperidine rings is 1. The molecule has 6 nitrogen and oxygen atoms in total. The van der Waals surface area contributed by atoms with Crippen molar-refractivity contribution in [2.45, 2.75) is 52.0 Å². The van der Waals surface area contributed by atoms with Crippen molar-refractivity contribution >= 4 is 29.3 Å². The molecule has 1 aliphatic rings. The maximum Gasteiger partial charge on any atom is 0.251 e. The lowest BCUT2D eigenvalue weighted by atomic mass is 9.92. The van der Waals surface area contributed by atoms with Crippen molar-refractivity contribution in [1.82, 2.24) is 10.2 Å². The molecule has 3 amide bonds. The van der Waals surface area contributed by atoms with Gasteiger partial charge >= 0.3 is 0 Å². The Labute approximate surface area is 171 Å². The lowest BCUT2D eigenvalue weighted by Crippen LogP contribution is -2.51. The van der Waals surface area contributed by atoms with Crippen LogP contribution >= 0.6 is 11.6 Å². The maximum atomic E-state index is 13.1. The molecule has 2 unspecified atom stereocenters. The van der Waals surface area contributed by atoms with Crippen molar-refractivity contribution in [3.05, 3.63) is 34.9 Å². The lowest BCUT2D eigenvalue weighted by molar-refractivity contribution is -0.135. The van der Waals surface area contributed by atoms with E-state index in [1.54, 1.807) is 24.3 Å². The highest BCUT2D eigenvalue weighted by Gasteiger charge is 2.30. The Morgan fingerprint density at radius 2 is 1.93 bits per heavy atom. The van der Waals surface area contributed by atoms with Gasteiger partial charge in [-0.1, -0.05) is 25.4 Å². The normalized spacial score (nSPS) is 18.0. The van der Waals surface area contributed by atoms with Gasteiger partial charge in [0.15, 0.2) is 0 Å². The topological polar surface area (TPSA) is 92.5 Å². The second-order valence-electron chi connectivity index (χ2n) is 7.96. The van der Waals surface area contributed by atoms with E-state index in [1.807, 2.05) is 18.7 Å². The number of nitrogens with two attached hydrogens (primary N) is 1. The molecule has 1 heterocycles. The van der Waals surface area contributed by atoms with Crippen LogP contribution in [0.3, 0.4) is 0 Å². The molecule has 7 heteroatoms. The summed E-state index contributed by atoms with van der Waals surface area (Å²) in [5.41, 5.74) is 5.73. The van der Waals surface area contributed by atoms with Crippen LogP contribution in [0.25, 0.3) is 0 Å². The van der Waals surface area contributed by atoms with Crippen LogP contribution < -0.4 is 11.1 Å². The third-order valence-electron chi connectivity index (χ3n) is 5.05. The van der Waals surface area contributed by atoms with E-state index >= 15 is 0 Å². The molecule has 0 aliphatic carbocycles. The Bertz CT molecular complexity index is 691. The van der Waals surface area contributed by atoms with Crippen LogP contribution in [-0.4, -0.2) is 41.8 Å². The van der Waals surface area contributed by atoms with Gasteiger partial charge in [-0.15, -0.1) is 0 Å². The van der Waals surface area contributed by atoms with E-state index in [4.69, 9.17) is 17.3 Å². The summed E-state index contributed by atoms with van der Waals surface area (Å²) in [4.78, 5) is 38.6. The SMILES string of the molecule is CC(C)CC(NC(=O)c1ccc(Cl)cc1)C(=O)N1CCCC(CCC(N)=O)C1. The molecule has 1 aromatic rings. The number of carbonyl (C=O) groups excluding carboxylic acids is 3. The number of nitrogens with one attached hydrogen (secondary N) is 1. The summed E-state index contributed by atoms with van der Waals surface area (Å²) in [7, 11) is 0. The second-order valence-corrected chi connectivity index (χ2v) is 8.40. The number of amides is 3. The van der Waals surface area contributed by atoms with Crippen molar-refractivity contribution in [1.29, 1.82) is 0 Å². The number of benzene rings is 1. The highest BCUT2D eigenvalue weighted by atomic mass is 35.5. The van der Waals surface area contributed by atoms with E-state index in [0.29, 0.717) is 42.9 Å². The number of carbonyl (C=O) groups is 3. The summed E-state index contributed by atoms with van der Waals surface area (Å²) in [6.45, 7) is 5.34. The zero-order chi connectivity index (χ0) is 20.7. The molecule has 154 valence electrons. The zero-order valence-electron chi connectivity index (χ0n) is 16.6. The highest BCUT2D eigenvalue weighted by Crippen LogP contribution is 2.22. The lowest BCUT2D eigenvalue weighted by Gasteiger charge is -2.35. The predicted molar refractivity (Wildman–Crippen MR) is 110 cm³/mol. The average molecular weight is 408 g/mol. The Morgan fingerprint density at radius 3 is 2.54 bits per heavy atom. The second kappa shape index (κ2) is 10.5. The first kappa shape index (κ1) is 22.2. The third-order valence-corrected chi connectivity index (χ3v) is 5.30. The molecule has 0 saturated carbocycles. The smallest absolute Gasteiger partial charge is 0.251 e. The van der Waals surface area contributed by atoms with E-state index in [9.17, 15) is 14.4 Å². The molecule has 28 heavy (non-hydrogen) atoms. The predicted octanol–water partition coefficient (Wildman–Crippen LogP) is 2.99. The van der Waals surface area contributed by atoms with Gasteiger partial charge in [0.25, 0.3) is 5.91 Å². The molecule has 1 saturated heterocycles. The fourth-order valence-corrected chi connectivity index (χ4v) is 3.73. The molecule has 0 bridgehead atoms. The molecular weight excluding hydrogens is 378 g/mol. The van der Waals surface area contributed by atoms with Crippen LogP contribution in [0.15, 0.2) is 24.3 Å². The monoisotopic (exact) mass is 407 g/mol. The number of halogens is 1. The van der Waals surface area contributed by atoms with Gasteiger partial charge in [-0.05, 0) is 61.8 Å². The zero-order valence-corrected chi connectivity index (χ0v) is 17.4. The van der Waals surface area contributed by atoms with Gasteiger partial charge in [0.2, 0.25) is 11.8 Å². The van der Waals surface area contributed by atoms with Crippen LogP contribution in [-0.2, 0) is 9.59 Å². The van der Waals surface area contributed by atoms with E-state index in [0.717, 1.165) is 12.8 Å². The standard InChI is InChI=1S/C21H30ClN3O3/c1-14(2)12-18(24-20(27)16-6-8-17(22)9-7-16)21(28)25-11-3-4-15(13-25)5-10-19(23)26/h6-9,14-15,18H,3-5,10-13H2,1-2H3,(H2,23,26)(H,24,27). The van der Waals surface area contributed by atoms with E-state index in [-0.39, 0.29) is 29.6 Å². The van der Waals surface area contributed by atoms with E-state index in [1.165, 1.54) is 0 Å². The van der Waals surface area contributed by atoms with Gasteiger partial charge in [-0.25, -0.2) is 0 Å². The number of hydrogen-bond donors (Lipinski definition) is 2. The Balaban J connectivity index is 2.04. The molecule has 1 aliphatic heterocycles. The molecule has 0 aromatic heterocycles. The fourth-order valence-electron chi connectivity index (χ4n) is 3.60. The quantitative estimate of drug-likeness (QED) is 0.693. The van der Waals surface area contributed by atoms with Gasteiger partial charge in [-0.2, -0.15) is 0 Å². The van der Waals surface area contributed by atoms with Crippen molar-refractivity contribution < 1.29 is 14.4 Å². The summed E-state index contributed by atoms with van der Waals surface area (Å²) in [6, 6.07) is 6.04. The van der Waals surface area contributed by atoms with Gasteiger partial charge in [0, 0.05) is 30.1 Å². The maximum absolute atomic E-state index is 13.1. The van der Waals surface area contributed by atoms with Gasteiger partial charge in [-0.3, -0.25) is 14.4 Å². The van der Waals surface area contributed by atoms with Gasteiger partial charge in [0.05, 0.1) is 0 Å². The first-order chi connectivity index (χ1) is 13.3. The Morgan fingerprint density at radius 1 is 1.25 bits per heavy atom. The summed E-state index contributed by atoms with van der Waals surface area (Å²) >= 11 is 5.88. The van der Waals surface area contributed by atoms with Crippen molar-refractivity contribution in [2.75, 3.05) is 13.1 Å². The van der Waals surface area contributed by atoms with Crippen molar-refractivity contribution in [3.8, 4) is 0 Å². The minimum atomic E-state index is -0.571. The molecule has 2 rings (SSSR count). The summed E-state index contributed by atoms with van der Waals surface area (Å²) in [6.07, 6.45) is 3.50. The largest absolute Gasteiger partial charge is 0.370 e. The first-order valence-corrected chi connectivity index (χ1v) is 10.3. The van der Waals surface area contributed by atoms with Crippen LogP contribution in [0.1, 0.15) is 56.3 Å². The summed E-state index contributed by atoms with van der Waals surface area (Å²) in [5, 5.41) is 3.46. The summed E-state index contributed by atoms with van der Waals surface area (Å²) in [5.74, 6) is -0.110. The Kier molecular flexibility index (Phi) is 8.30. The summed E-state index contributed by atoms with van der Waals surface area (Å²) < 4.78 is 0. The molecule has 0 radical (unpaired) electrons. The van der Waals surface area contributed by atoms with Crippen LogP contribution in [0.5, 0.6) is 0 Å². The average Bonchev–Trinajstić information content (AvgIpc) is 2.65. The van der Waals surface area contributed by atoms with Crippen LogP contribution in [0.2, 0.25) is 5.02 Å². The van der Waals surface area contributed by atoms with Crippen LogP contribution in [0, 0.1) is 11.8 Å². The number of likely N-dealkylation sites (tertiary alicyclic amines) is 1. The minimum Gasteiger partial charge on any atom is -0.370 e. The van der Waals surface area contributed by atoms with Crippen molar-refractivity contribution in [2.24, 2.45) is 17.6 Å². The minimum absolute atomic E-state index is 0.0558. The molecule has 3 N–H and O–H groups in total. The van der Waals surface area contributed by atoms with Crippen molar-refractivity contribution in [3.63, 3.8) is 0 Å². The highest BCUT2D eigenvalue weighted by molar-refractivity contribution is 6.30. The molecule has 2 atom stereocenters. The van der Waals surface area contributed by atoms with Gasteiger partial charge < -0.3 is 16.0 Å². The number of rotatable bonds is 8. The van der Waals surface area contributed by atoms with Crippen LogP contribution in [0.4, 0.5) is 0 Å².